The summed E-state index contributed by atoms with van der Waals surface area (Å²) in [4.78, 5) is 21.7. The zero-order chi connectivity index (χ0) is 20.1. The number of ether oxygens (including phenoxy) is 2. The molecule has 0 radical (unpaired) electrons. The first kappa shape index (κ1) is 19.4. The zero-order valence-electron chi connectivity index (χ0n) is 16.3. The van der Waals surface area contributed by atoms with Gasteiger partial charge in [-0.15, -0.1) is 0 Å². The Balaban J connectivity index is 2.02. The van der Waals surface area contributed by atoms with Crippen molar-refractivity contribution in [1.82, 2.24) is 10.0 Å². The first-order valence-corrected chi connectivity index (χ1v) is 8.65. The minimum atomic E-state index is -0.258. The number of likely N-dealkylation sites (N-methyl/N-ethyl adjacent to an activating group) is 1. The molecule has 1 amide bonds. The minimum Gasteiger partial charge on any atom is -0.497 e. The summed E-state index contributed by atoms with van der Waals surface area (Å²) in [7, 11) is 6.20. The molecule has 7 heteroatoms. The molecule has 1 aromatic heterocycles. The Morgan fingerprint density at radius 2 is 1.46 bits per heavy atom. The van der Waals surface area contributed by atoms with Gasteiger partial charge in [0.25, 0.3) is 5.91 Å². The van der Waals surface area contributed by atoms with Gasteiger partial charge >= 0.3 is 0 Å². The molecule has 0 saturated heterocycles. The summed E-state index contributed by atoms with van der Waals surface area (Å²) < 4.78 is 16.4. The van der Waals surface area contributed by atoms with E-state index in [1.165, 1.54) is 7.11 Å². The van der Waals surface area contributed by atoms with E-state index in [0.29, 0.717) is 17.3 Å². The number of hydrogen-bond donors (Lipinski definition) is 0. The summed E-state index contributed by atoms with van der Waals surface area (Å²) >= 11 is 0. The smallest absolute Gasteiger partial charge is 0.255 e. The molecule has 7 nitrogen and oxygen atoms in total. The van der Waals surface area contributed by atoms with Crippen molar-refractivity contribution >= 4 is 5.91 Å². The molecule has 0 aliphatic heterocycles. The molecule has 0 fully saturated rings. The number of aromatic nitrogens is 1. The van der Waals surface area contributed by atoms with Crippen molar-refractivity contribution in [1.29, 1.82) is 0 Å². The molecule has 2 aromatic carbocycles. The number of rotatable bonds is 7. The third-order valence-electron chi connectivity index (χ3n) is 4.31. The maximum absolute atomic E-state index is 12.2. The van der Waals surface area contributed by atoms with Gasteiger partial charge in [0.1, 0.15) is 23.6 Å². The van der Waals surface area contributed by atoms with E-state index in [1.54, 1.807) is 21.3 Å². The fourth-order valence-corrected chi connectivity index (χ4v) is 2.67. The average Bonchev–Trinajstić information content (AvgIpc) is 3.16. The summed E-state index contributed by atoms with van der Waals surface area (Å²) in [6.45, 7) is 0. The molecule has 0 saturated carbocycles. The highest BCUT2D eigenvalue weighted by Crippen LogP contribution is 2.34. The number of amides is 1. The Bertz CT molecular complexity index is 867. The predicted octanol–water partition coefficient (Wildman–Crippen LogP) is 3.59. The topological polar surface area (TPSA) is 74.0 Å². The SMILES string of the molecule is COc1ccc(-c2nc(CC(=O)N(C)OC)oc2-c2ccc(OC)cc2)cc1. The van der Waals surface area contributed by atoms with Crippen LogP contribution in [0.4, 0.5) is 0 Å². The highest BCUT2D eigenvalue weighted by Gasteiger charge is 2.20. The van der Waals surface area contributed by atoms with Crippen LogP contribution in [0.5, 0.6) is 11.5 Å². The second kappa shape index (κ2) is 8.58. The van der Waals surface area contributed by atoms with Crippen molar-refractivity contribution in [3.63, 3.8) is 0 Å². The fourth-order valence-electron chi connectivity index (χ4n) is 2.67. The van der Waals surface area contributed by atoms with E-state index < -0.39 is 0 Å². The van der Waals surface area contributed by atoms with Crippen LogP contribution in [0.1, 0.15) is 5.89 Å². The molecule has 146 valence electrons. The van der Waals surface area contributed by atoms with Crippen LogP contribution in [-0.4, -0.2) is 44.3 Å². The second-order valence-electron chi connectivity index (χ2n) is 5.99. The van der Waals surface area contributed by atoms with Gasteiger partial charge in [0.05, 0.1) is 21.3 Å². The van der Waals surface area contributed by atoms with E-state index in [2.05, 4.69) is 4.98 Å². The average molecular weight is 382 g/mol. The number of hydrogen-bond acceptors (Lipinski definition) is 6. The molecular formula is C21H22N2O5. The van der Waals surface area contributed by atoms with Crippen molar-refractivity contribution < 1.29 is 23.5 Å². The van der Waals surface area contributed by atoms with Crippen LogP contribution in [0.15, 0.2) is 52.9 Å². The van der Waals surface area contributed by atoms with E-state index in [-0.39, 0.29) is 12.3 Å². The lowest BCUT2D eigenvalue weighted by molar-refractivity contribution is -0.168. The van der Waals surface area contributed by atoms with Crippen LogP contribution in [0.2, 0.25) is 0 Å². The van der Waals surface area contributed by atoms with Gasteiger partial charge in [-0.25, -0.2) is 10.0 Å². The van der Waals surface area contributed by atoms with Crippen molar-refractivity contribution in [2.75, 3.05) is 28.4 Å². The molecule has 0 aliphatic rings. The monoisotopic (exact) mass is 382 g/mol. The maximum atomic E-state index is 12.2. The van der Waals surface area contributed by atoms with E-state index in [4.69, 9.17) is 18.7 Å². The van der Waals surface area contributed by atoms with Gasteiger partial charge in [0, 0.05) is 18.2 Å². The van der Waals surface area contributed by atoms with Crippen LogP contribution >= 0.6 is 0 Å². The first-order chi connectivity index (χ1) is 13.5. The number of benzene rings is 2. The first-order valence-electron chi connectivity index (χ1n) is 8.65. The van der Waals surface area contributed by atoms with E-state index >= 15 is 0 Å². The third kappa shape index (κ3) is 4.15. The Morgan fingerprint density at radius 1 is 0.929 bits per heavy atom. The van der Waals surface area contributed by atoms with E-state index in [1.807, 2.05) is 48.5 Å². The molecule has 0 atom stereocenters. The lowest BCUT2D eigenvalue weighted by Gasteiger charge is -2.11. The predicted molar refractivity (Wildman–Crippen MR) is 104 cm³/mol. The van der Waals surface area contributed by atoms with Crippen LogP contribution in [-0.2, 0) is 16.1 Å². The number of methoxy groups -OCH3 is 2. The van der Waals surface area contributed by atoms with E-state index in [0.717, 1.165) is 27.7 Å². The van der Waals surface area contributed by atoms with Crippen molar-refractivity contribution in [2.24, 2.45) is 0 Å². The maximum Gasteiger partial charge on any atom is 0.255 e. The Kier molecular flexibility index (Phi) is 5.96. The lowest BCUT2D eigenvalue weighted by Crippen LogP contribution is -2.27. The van der Waals surface area contributed by atoms with E-state index in [9.17, 15) is 4.79 Å². The summed E-state index contributed by atoms with van der Waals surface area (Å²) in [5, 5.41) is 1.14. The van der Waals surface area contributed by atoms with Gasteiger partial charge in [-0.05, 0) is 48.5 Å². The fraction of sp³-hybridized carbons (Fsp3) is 0.238. The molecule has 0 unspecified atom stereocenters. The molecular weight excluding hydrogens is 360 g/mol. The standard InChI is InChI=1S/C21H22N2O5/c1-23(27-4)19(24)13-18-22-20(14-5-9-16(25-2)10-6-14)21(28-18)15-7-11-17(26-3)12-8-15/h5-12H,13H2,1-4H3. The number of nitrogens with zero attached hydrogens (tertiary/aromatic N) is 2. The van der Waals surface area contributed by atoms with Crippen molar-refractivity contribution in [3.8, 4) is 34.1 Å². The Hall–Kier alpha value is -3.32. The van der Waals surface area contributed by atoms with Gasteiger partial charge in [-0.2, -0.15) is 0 Å². The number of carbonyl (C=O) groups is 1. The largest absolute Gasteiger partial charge is 0.497 e. The van der Waals surface area contributed by atoms with Crippen LogP contribution in [0.25, 0.3) is 22.6 Å². The minimum absolute atomic E-state index is 0.0103. The van der Waals surface area contributed by atoms with Crippen molar-refractivity contribution in [2.45, 2.75) is 6.42 Å². The van der Waals surface area contributed by atoms with Gasteiger partial charge < -0.3 is 13.9 Å². The summed E-state index contributed by atoms with van der Waals surface area (Å²) in [6.07, 6.45) is -0.0103. The Morgan fingerprint density at radius 3 is 1.96 bits per heavy atom. The normalized spacial score (nSPS) is 10.6. The quantitative estimate of drug-likeness (QED) is 0.582. The van der Waals surface area contributed by atoms with Gasteiger partial charge in [-0.3, -0.25) is 9.63 Å². The van der Waals surface area contributed by atoms with Crippen LogP contribution < -0.4 is 9.47 Å². The summed E-state index contributed by atoms with van der Waals surface area (Å²) in [6, 6.07) is 15.0. The highest BCUT2D eigenvalue weighted by atomic mass is 16.7. The van der Waals surface area contributed by atoms with Gasteiger partial charge in [-0.1, -0.05) is 0 Å². The summed E-state index contributed by atoms with van der Waals surface area (Å²) in [5.74, 6) is 2.12. The number of carbonyl (C=O) groups excluding carboxylic acids is 1. The molecule has 0 N–H and O–H groups in total. The number of oxazole rings is 1. The Labute approximate surface area is 163 Å². The summed E-state index contributed by atoms with van der Waals surface area (Å²) in [5.41, 5.74) is 2.34. The van der Waals surface area contributed by atoms with Crippen LogP contribution in [0, 0.1) is 0 Å². The molecule has 3 aromatic rings. The molecule has 0 bridgehead atoms. The van der Waals surface area contributed by atoms with Gasteiger partial charge in [0.2, 0.25) is 5.89 Å². The molecule has 1 heterocycles. The van der Waals surface area contributed by atoms with Crippen molar-refractivity contribution in [3.05, 3.63) is 54.4 Å². The molecule has 0 aliphatic carbocycles. The highest BCUT2D eigenvalue weighted by molar-refractivity contribution is 5.80. The lowest BCUT2D eigenvalue weighted by atomic mass is 10.1. The second-order valence-corrected chi connectivity index (χ2v) is 5.99. The van der Waals surface area contributed by atoms with Gasteiger partial charge in [0.15, 0.2) is 5.76 Å². The van der Waals surface area contributed by atoms with Crippen LogP contribution in [0.3, 0.4) is 0 Å². The molecule has 28 heavy (non-hydrogen) atoms. The number of hydroxylamine groups is 2. The molecule has 3 rings (SSSR count). The molecule has 0 spiro atoms. The zero-order valence-corrected chi connectivity index (χ0v) is 16.3. The third-order valence-corrected chi connectivity index (χ3v) is 4.31.